The fourth-order valence-electron chi connectivity index (χ4n) is 5.09. The summed E-state index contributed by atoms with van der Waals surface area (Å²) < 4.78 is 21.2. The molecular formula is C28H28FN3O3. The fourth-order valence-corrected chi connectivity index (χ4v) is 5.09. The van der Waals surface area contributed by atoms with E-state index in [1.165, 1.54) is 19.2 Å². The lowest BCUT2D eigenvalue weighted by molar-refractivity contribution is -0.146. The zero-order valence-corrected chi connectivity index (χ0v) is 19.7. The minimum Gasteiger partial charge on any atom is -0.469 e. The van der Waals surface area contributed by atoms with Crippen LogP contribution in [0.15, 0.2) is 60.8 Å². The van der Waals surface area contributed by atoms with Gasteiger partial charge in [0.1, 0.15) is 5.82 Å². The molecule has 1 amide bonds. The van der Waals surface area contributed by atoms with Crippen molar-refractivity contribution in [1.29, 1.82) is 0 Å². The minimum atomic E-state index is -0.442. The number of amides is 1. The second kappa shape index (κ2) is 9.86. The van der Waals surface area contributed by atoms with Crippen LogP contribution in [0.1, 0.15) is 41.7 Å². The number of para-hydroxylation sites is 1. The van der Waals surface area contributed by atoms with Crippen molar-refractivity contribution in [3.05, 3.63) is 77.9 Å². The zero-order chi connectivity index (χ0) is 24.4. The Morgan fingerprint density at radius 1 is 1.06 bits per heavy atom. The molecule has 0 radical (unpaired) electrons. The van der Waals surface area contributed by atoms with Crippen LogP contribution < -0.4 is 5.32 Å². The maximum absolute atomic E-state index is 14.4. The lowest BCUT2D eigenvalue weighted by Crippen LogP contribution is -2.33. The van der Waals surface area contributed by atoms with E-state index in [0.717, 1.165) is 42.3 Å². The molecule has 0 aliphatic heterocycles. The van der Waals surface area contributed by atoms with E-state index in [1.807, 2.05) is 53.2 Å². The van der Waals surface area contributed by atoms with Crippen LogP contribution in [-0.2, 0) is 16.1 Å². The monoisotopic (exact) mass is 473 g/mol. The maximum Gasteiger partial charge on any atom is 0.308 e. The van der Waals surface area contributed by atoms with Crippen LogP contribution >= 0.6 is 0 Å². The first kappa shape index (κ1) is 23.0. The van der Waals surface area contributed by atoms with Crippen molar-refractivity contribution in [3.8, 4) is 0 Å². The first-order valence-corrected chi connectivity index (χ1v) is 12.0. The normalized spacial score (nSPS) is 18.0. The van der Waals surface area contributed by atoms with E-state index in [2.05, 4.69) is 5.32 Å². The lowest BCUT2D eigenvalue weighted by Gasteiger charge is -2.27. The predicted octanol–water partition coefficient (Wildman–Crippen LogP) is 5.09. The van der Waals surface area contributed by atoms with Gasteiger partial charge >= 0.3 is 5.97 Å². The van der Waals surface area contributed by atoms with E-state index in [-0.39, 0.29) is 23.7 Å². The van der Waals surface area contributed by atoms with Crippen molar-refractivity contribution in [2.24, 2.45) is 11.8 Å². The number of nitrogens with one attached hydrogen (secondary N) is 1. The summed E-state index contributed by atoms with van der Waals surface area (Å²) in [5, 5.41) is 4.74. The van der Waals surface area contributed by atoms with Crippen LogP contribution in [0.4, 0.5) is 4.39 Å². The van der Waals surface area contributed by atoms with Crippen molar-refractivity contribution in [2.75, 3.05) is 13.7 Å². The van der Waals surface area contributed by atoms with Gasteiger partial charge in [0.05, 0.1) is 41.9 Å². The largest absolute Gasteiger partial charge is 0.469 e. The standard InChI is InChI=1S/C28H28FN3O3/c1-35-28(34)20-8-6-18(7-9-20)16-30-27(33)24-15-22(29)14-21-12-13-32(26(21)24)17-23-11-10-19-4-2-3-5-25(19)31-23/h2-5,10-15,18,20H,6-9,16-17H2,1H3,(H,30,33). The van der Waals surface area contributed by atoms with Crippen LogP contribution in [0.25, 0.3) is 21.8 Å². The molecule has 6 nitrogen and oxygen atoms in total. The molecule has 180 valence electrons. The van der Waals surface area contributed by atoms with Crippen molar-refractivity contribution in [1.82, 2.24) is 14.9 Å². The molecule has 1 N–H and O–H groups in total. The number of hydrogen-bond acceptors (Lipinski definition) is 4. The molecule has 4 aromatic rings. The smallest absolute Gasteiger partial charge is 0.308 e. The average Bonchev–Trinajstić information content (AvgIpc) is 3.28. The minimum absolute atomic E-state index is 0.0539. The highest BCUT2D eigenvalue weighted by Gasteiger charge is 2.27. The van der Waals surface area contributed by atoms with E-state index in [9.17, 15) is 14.0 Å². The Bertz CT molecular complexity index is 1390. The Labute approximate surface area is 203 Å². The molecule has 5 rings (SSSR count). The molecule has 2 aromatic heterocycles. The molecule has 1 saturated carbocycles. The number of aromatic nitrogens is 2. The molecule has 0 atom stereocenters. The van der Waals surface area contributed by atoms with Gasteiger partial charge in [0, 0.05) is 23.5 Å². The van der Waals surface area contributed by atoms with Gasteiger partial charge in [-0.15, -0.1) is 0 Å². The van der Waals surface area contributed by atoms with Crippen molar-refractivity contribution < 1.29 is 18.7 Å². The molecule has 0 saturated heterocycles. The summed E-state index contributed by atoms with van der Waals surface area (Å²) in [6.45, 7) is 0.968. The molecule has 2 heterocycles. The summed E-state index contributed by atoms with van der Waals surface area (Å²) >= 11 is 0. The maximum atomic E-state index is 14.4. The van der Waals surface area contributed by atoms with E-state index in [1.54, 1.807) is 0 Å². The Balaban J connectivity index is 1.33. The molecule has 1 fully saturated rings. The number of esters is 1. The fraction of sp³-hybridized carbons (Fsp3) is 0.321. The second-order valence-electron chi connectivity index (χ2n) is 9.28. The van der Waals surface area contributed by atoms with E-state index in [4.69, 9.17) is 9.72 Å². The number of carbonyl (C=O) groups is 2. The summed E-state index contributed by atoms with van der Waals surface area (Å²) in [5.41, 5.74) is 2.77. The van der Waals surface area contributed by atoms with Gasteiger partial charge in [0.25, 0.3) is 5.91 Å². The number of benzene rings is 2. The first-order chi connectivity index (χ1) is 17.0. The molecule has 1 aliphatic carbocycles. The number of ether oxygens (including phenoxy) is 1. The molecule has 7 heteroatoms. The SMILES string of the molecule is COC(=O)C1CCC(CNC(=O)c2cc(F)cc3ccn(Cc4ccc5ccccc5n4)c23)CC1. The van der Waals surface area contributed by atoms with Gasteiger partial charge in [0.2, 0.25) is 0 Å². The van der Waals surface area contributed by atoms with Gasteiger partial charge in [-0.05, 0) is 61.9 Å². The van der Waals surface area contributed by atoms with Gasteiger partial charge in [-0.2, -0.15) is 0 Å². The van der Waals surface area contributed by atoms with E-state index < -0.39 is 5.82 Å². The number of methoxy groups -OCH3 is 1. The third kappa shape index (κ3) is 4.90. The van der Waals surface area contributed by atoms with Crippen molar-refractivity contribution in [3.63, 3.8) is 0 Å². The number of rotatable bonds is 6. The third-order valence-electron chi connectivity index (χ3n) is 6.99. The highest BCUT2D eigenvalue weighted by Crippen LogP contribution is 2.29. The van der Waals surface area contributed by atoms with Crippen molar-refractivity contribution in [2.45, 2.75) is 32.2 Å². The van der Waals surface area contributed by atoms with Crippen LogP contribution in [0.3, 0.4) is 0 Å². The Hall–Kier alpha value is -3.74. The number of carbonyl (C=O) groups excluding carboxylic acids is 2. The third-order valence-corrected chi connectivity index (χ3v) is 6.99. The average molecular weight is 474 g/mol. The van der Waals surface area contributed by atoms with E-state index in [0.29, 0.717) is 29.6 Å². The zero-order valence-electron chi connectivity index (χ0n) is 19.7. The Morgan fingerprint density at radius 3 is 2.66 bits per heavy atom. The van der Waals surface area contributed by atoms with Gasteiger partial charge in [-0.3, -0.25) is 14.6 Å². The summed E-state index contributed by atoms with van der Waals surface area (Å²) in [7, 11) is 1.42. The summed E-state index contributed by atoms with van der Waals surface area (Å²) in [6, 6.07) is 16.5. The van der Waals surface area contributed by atoms with Gasteiger partial charge in [0.15, 0.2) is 0 Å². The lowest BCUT2D eigenvalue weighted by atomic mass is 9.82. The molecule has 0 spiro atoms. The number of fused-ring (bicyclic) bond motifs is 2. The first-order valence-electron chi connectivity index (χ1n) is 12.0. The molecule has 0 bridgehead atoms. The number of hydrogen-bond donors (Lipinski definition) is 1. The molecule has 1 aliphatic rings. The molecule has 2 aromatic carbocycles. The molecule has 35 heavy (non-hydrogen) atoms. The highest BCUT2D eigenvalue weighted by atomic mass is 19.1. The number of halogens is 1. The highest BCUT2D eigenvalue weighted by molar-refractivity contribution is 6.06. The van der Waals surface area contributed by atoms with Crippen LogP contribution in [-0.4, -0.2) is 35.1 Å². The summed E-state index contributed by atoms with van der Waals surface area (Å²) in [5.74, 6) is -0.658. The quantitative estimate of drug-likeness (QED) is 0.396. The molecular weight excluding hydrogens is 445 g/mol. The van der Waals surface area contributed by atoms with Crippen LogP contribution in [0.5, 0.6) is 0 Å². The number of nitrogens with zero attached hydrogens (tertiary/aromatic N) is 2. The van der Waals surface area contributed by atoms with Gasteiger partial charge in [-0.25, -0.2) is 4.39 Å². The Kier molecular flexibility index (Phi) is 6.49. The number of pyridine rings is 1. The topological polar surface area (TPSA) is 73.2 Å². The van der Waals surface area contributed by atoms with Crippen LogP contribution in [0, 0.1) is 17.7 Å². The van der Waals surface area contributed by atoms with Crippen LogP contribution in [0.2, 0.25) is 0 Å². The summed E-state index contributed by atoms with van der Waals surface area (Å²) in [4.78, 5) is 29.7. The predicted molar refractivity (Wildman–Crippen MR) is 133 cm³/mol. The molecule has 0 unspecified atom stereocenters. The van der Waals surface area contributed by atoms with E-state index >= 15 is 0 Å². The van der Waals surface area contributed by atoms with Crippen molar-refractivity contribution >= 4 is 33.7 Å². The van der Waals surface area contributed by atoms with Gasteiger partial charge in [-0.1, -0.05) is 24.3 Å². The van der Waals surface area contributed by atoms with Gasteiger partial charge < -0.3 is 14.6 Å². The second-order valence-corrected chi connectivity index (χ2v) is 9.28. The Morgan fingerprint density at radius 2 is 1.86 bits per heavy atom. The summed E-state index contributed by atoms with van der Waals surface area (Å²) in [6.07, 6.45) is 5.09.